The van der Waals surface area contributed by atoms with Gasteiger partial charge < -0.3 is 5.32 Å². The first kappa shape index (κ1) is 21.2. The van der Waals surface area contributed by atoms with E-state index >= 15 is 0 Å². The Morgan fingerprint density at radius 3 is 2.52 bits per heavy atom. The average Bonchev–Trinajstić information content (AvgIpc) is 3.25. The molecular formula is C22H23FN4O3S. The fourth-order valence-corrected chi connectivity index (χ4v) is 5.29. The second-order valence-corrected chi connectivity index (χ2v) is 9.65. The number of hydrogen-bond donors (Lipinski definition) is 1. The van der Waals surface area contributed by atoms with Crippen LogP contribution in [0.15, 0.2) is 66.0 Å². The molecule has 1 saturated heterocycles. The van der Waals surface area contributed by atoms with Gasteiger partial charge >= 0.3 is 0 Å². The predicted octanol–water partition coefficient (Wildman–Crippen LogP) is 3.68. The van der Waals surface area contributed by atoms with Crippen LogP contribution < -0.4 is 5.32 Å². The number of carbonyl (C=O) groups excluding carboxylic acids is 1. The van der Waals surface area contributed by atoms with E-state index in [2.05, 4.69) is 17.2 Å². The number of nitrogens with one attached hydrogen (secondary N) is 1. The summed E-state index contributed by atoms with van der Waals surface area (Å²) in [5, 5.41) is 2.75. The maximum Gasteiger partial charge on any atom is 0.274 e. The van der Waals surface area contributed by atoms with Crippen LogP contribution in [0, 0.1) is 11.7 Å². The minimum absolute atomic E-state index is 0.205. The lowest BCUT2D eigenvalue weighted by Gasteiger charge is -2.30. The first-order valence-electron chi connectivity index (χ1n) is 10.0. The molecule has 3 aromatic rings. The molecule has 1 atom stereocenters. The van der Waals surface area contributed by atoms with Gasteiger partial charge in [0.05, 0.1) is 17.4 Å². The predicted molar refractivity (Wildman–Crippen MR) is 115 cm³/mol. The van der Waals surface area contributed by atoms with E-state index in [-0.39, 0.29) is 16.4 Å². The van der Waals surface area contributed by atoms with Gasteiger partial charge in [0.2, 0.25) is 10.0 Å². The van der Waals surface area contributed by atoms with Gasteiger partial charge in [-0.1, -0.05) is 6.92 Å². The number of rotatable bonds is 5. The highest BCUT2D eigenvalue weighted by Crippen LogP contribution is 2.24. The Morgan fingerprint density at radius 2 is 1.84 bits per heavy atom. The van der Waals surface area contributed by atoms with Crippen LogP contribution in [0.25, 0.3) is 5.69 Å². The van der Waals surface area contributed by atoms with Crippen molar-refractivity contribution in [3.05, 3.63) is 72.6 Å². The van der Waals surface area contributed by atoms with Gasteiger partial charge in [-0.2, -0.15) is 4.31 Å². The topological polar surface area (TPSA) is 84.3 Å². The Kier molecular flexibility index (Phi) is 5.88. The summed E-state index contributed by atoms with van der Waals surface area (Å²) in [6.07, 6.45) is 4.77. The van der Waals surface area contributed by atoms with Gasteiger partial charge in [-0.15, -0.1) is 0 Å². The largest absolute Gasteiger partial charge is 0.321 e. The molecule has 1 aromatic heterocycles. The number of anilines is 1. The van der Waals surface area contributed by atoms with E-state index in [9.17, 15) is 17.6 Å². The summed E-state index contributed by atoms with van der Waals surface area (Å²) in [6, 6.07) is 11.8. The van der Waals surface area contributed by atoms with Crippen molar-refractivity contribution in [1.29, 1.82) is 0 Å². The van der Waals surface area contributed by atoms with Crippen LogP contribution in [0.4, 0.5) is 10.1 Å². The number of hydrogen-bond acceptors (Lipinski definition) is 4. The molecule has 2 aromatic carbocycles. The first-order valence-corrected chi connectivity index (χ1v) is 11.5. The maximum absolute atomic E-state index is 13.2. The second kappa shape index (κ2) is 8.60. The Labute approximate surface area is 180 Å². The summed E-state index contributed by atoms with van der Waals surface area (Å²) in [4.78, 5) is 16.9. The molecule has 0 spiro atoms. The second-order valence-electron chi connectivity index (χ2n) is 7.71. The van der Waals surface area contributed by atoms with Crippen molar-refractivity contribution in [3.63, 3.8) is 0 Å². The SMILES string of the molecule is CC1CCCN(S(=O)(=O)c2ccc(NC(=O)c3cncn3-c3ccc(F)cc3)cc2)C1. The molecule has 4 rings (SSSR count). The van der Waals surface area contributed by atoms with Gasteiger partial charge in [0.1, 0.15) is 11.5 Å². The van der Waals surface area contributed by atoms with E-state index in [4.69, 9.17) is 0 Å². The van der Waals surface area contributed by atoms with Crippen LogP contribution in [0.5, 0.6) is 0 Å². The molecule has 9 heteroatoms. The van der Waals surface area contributed by atoms with Gasteiger partial charge in [0, 0.05) is 24.5 Å². The molecule has 1 aliphatic rings. The smallest absolute Gasteiger partial charge is 0.274 e. The molecule has 1 unspecified atom stereocenters. The van der Waals surface area contributed by atoms with Crippen molar-refractivity contribution >= 4 is 21.6 Å². The van der Waals surface area contributed by atoms with Crippen LogP contribution in [-0.2, 0) is 10.0 Å². The van der Waals surface area contributed by atoms with E-state index in [1.807, 2.05) is 0 Å². The van der Waals surface area contributed by atoms with Crippen LogP contribution in [0.3, 0.4) is 0 Å². The first-order chi connectivity index (χ1) is 14.8. The number of piperidine rings is 1. The molecule has 0 saturated carbocycles. The van der Waals surface area contributed by atoms with Crippen molar-refractivity contribution in [2.45, 2.75) is 24.7 Å². The van der Waals surface area contributed by atoms with Gasteiger partial charge in [0.25, 0.3) is 5.91 Å². The normalized spacial score (nSPS) is 17.4. The van der Waals surface area contributed by atoms with Crippen LogP contribution in [-0.4, -0.2) is 41.3 Å². The summed E-state index contributed by atoms with van der Waals surface area (Å²) in [5.74, 6) is -0.445. The third-order valence-electron chi connectivity index (χ3n) is 5.35. The van der Waals surface area contributed by atoms with E-state index < -0.39 is 15.9 Å². The molecular weight excluding hydrogens is 419 g/mol. The van der Waals surface area contributed by atoms with Crippen LogP contribution in [0.1, 0.15) is 30.3 Å². The van der Waals surface area contributed by atoms with Gasteiger partial charge in [-0.25, -0.2) is 17.8 Å². The van der Waals surface area contributed by atoms with Crippen molar-refractivity contribution in [1.82, 2.24) is 13.9 Å². The van der Waals surface area contributed by atoms with Gasteiger partial charge in [-0.3, -0.25) is 9.36 Å². The van der Waals surface area contributed by atoms with Crippen LogP contribution in [0.2, 0.25) is 0 Å². The number of benzene rings is 2. The third-order valence-corrected chi connectivity index (χ3v) is 7.23. The van der Waals surface area contributed by atoms with Crippen molar-refractivity contribution in [2.75, 3.05) is 18.4 Å². The highest BCUT2D eigenvalue weighted by Gasteiger charge is 2.28. The summed E-state index contributed by atoms with van der Waals surface area (Å²) in [5.41, 5.74) is 1.33. The van der Waals surface area contributed by atoms with E-state index in [0.717, 1.165) is 12.8 Å². The monoisotopic (exact) mass is 442 g/mol. The number of aromatic nitrogens is 2. The zero-order chi connectivity index (χ0) is 22.0. The van der Waals surface area contributed by atoms with Gasteiger partial charge in [0.15, 0.2) is 0 Å². The molecule has 1 aliphatic heterocycles. The Bertz CT molecular complexity index is 1170. The van der Waals surface area contributed by atoms with E-state index in [1.165, 1.54) is 41.1 Å². The number of sulfonamides is 1. The summed E-state index contributed by atoms with van der Waals surface area (Å²) >= 11 is 0. The number of nitrogens with zero attached hydrogens (tertiary/aromatic N) is 3. The fourth-order valence-electron chi connectivity index (χ4n) is 3.69. The molecule has 1 fully saturated rings. The minimum atomic E-state index is -3.55. The molecule has 1 amide bonds. The number of carbonyl (C=O) groups is 1. The summed E-state index contributed by atoms with van der Waals surface area (Å²) < 4.78 is 42.0. The maximum atomic E-state index is 13.2. The highest BCUT2D eigenvalue weighted by molar-refractivity contribution is 7.89. The fraction of sp³-hybridized carbons (Fsp3) is 0.273. The minimum Gasteiger partial charge on any atom is -0.321 e. The number of imidazole rings is 1. The highest BCUT2D eigenvalue weighted by atomic mass is 32.2. The molecule has 1 N–H and O–H groups in total. The summed E-state index contributed by atoms with van der Waals surface area (Å²) in [6.45, 7) is 3.10. The Hall–Kier alpha value is -3.04. The molecule has 162 valence electrons. The zero-order valence-electron chi connectivity index (χ0n) is 17.0. The molecule has 0 bridgehead atoms. The molecule has 7 nitrogen and oxygen atoms in total. The quantitative estimate of drug-likeness (QED) is 0.653. The molecule has 0 aliphatic carbocycles. The summed E-state index contributed by atoms with van der Waals surface area (Å²) in [7, 11) is -3.55. The zero-order valence-corrected chi connectivity index (χ0v) is 17.8. The lowest BCUT2D eigenvalue weighted by molar-refractivity contribution is 0.102. The van der Waals surface area contributed by atoms with E-state index in [1.54, 1.807) is 28.8 Å². The Morgan fingerprint density at radius 1 is 1.13 bits per heavy atom. The molecule has 31 heavy (non-hydrogen) atoms. The third kappa shape index (κ3) is 4.52. The van der Waals surface area contributed by atoms with Crippen molar-refractivity contribution in [2.24, 2.45) is 5.92 Å². The number of halogens is 1. The molecule has 2 heterocycles. The average molecular weight is 443 g/mol. The standard InChI is InChI=1S/C22H23FN4O3S/c1-16-3-2-12-26(14-16)31(29,30)20-10-6-18(7-11-20)25-22(28)21-13-24-15-27(21)19-8-4-17(23)5-9-19/h4-11,13,15-16H,2-3,12,14H2,1H3,(H,25,28). The lowest BCUT2D eigenvalue weighted by atomic mass is 10.0. The number of amides is 1. The molecule has 0 radical (unpaired) electrons. The van der Waals surface area contributed by atoms with E-state index in [0.29, 0.717) is 30.4 Å². The van der Waals surface area contributed by atoms with Crippen LogP contribution >= 0.6 is 0 Å². The Balaban J connectivity index is 1.49. The van der Waals surface area contributed by atoms with Gasteiger partial charge in [-0.05, 0) is 67.3 Å². The van der Waals surface area contributed by atoms with Crippen molar-refractivity contribution in [3.8, 4) is 5.69 Å². The lowest BCUT2D eigenvalue weighted by Crippen LogP contribution is -2.39. The van der Waals surface area contributed by atoms with Crippen molar-refractivity contribution < 1.29 is 17.6 Å².